The largest absolute Gasteiger partial charge is 0.322 e. The maximum absolute atomic E-state index is 13.2. The number of rotatable bonds is 0. The fraction of sp³-hybridized carbons (Fsp3) is 0.714. The smallest absolute Gasteiger partial charge is 0.321 e. The normalized spacial score (nSPS) is 40.2. The average Bonchev–Trinajstić information content (AvgIpc) is 2.44. The Balaban J connectivity index is 2.31. The fourth-order valence-electron chi connectivity index (χ4n) is 1.86. The Morgan fingerprint density at radius 1 is 1.50 bits per heavy atom. The van der Waals surface area contributed by atoms with Crippen LogP contribution in [0.2, 0.25) is 0 Å². The molecule has 1 saturated heterocycles. The van der Waals surface area contributed by atoms with E-state index in [2.05, 4.69) is 10.6 Å². The van der Waals surface area contributed by atoms with Gasteiger partial charge in [0.1, 0.15) is 6.17 Å². The van der Waals surface area contributed by atoms with Crippen LogP contribution in [0.25, 0.3) is 0 Å². The van der Waals surface area contributed by atoms with Gasteiger partial charge in [0.05, 0.1) is 0 Å². The van der Waals surface area contributed by atoms with Gasteiger partial charge < -0.3 is 5.32 Å². The van der Waals surface area contributed by atoms with Crippen molar-refractivity contribution < 1.29 is 14.0 Å². The number of carbonyl (C=O) groups excluding carboxylic acids is 2. The molecule has 12 heavy (non-hydrogen) atoms. The summed E-state index contributed by atoms with van der Waals surface area (Å²) in [5.41, 5.74) is -1.24. The van der Waals surface area contributed by atoms with Crippen LogP contribution in [0.1, 0.15) is 19.3 Å². The zero-order chi connectivity index (χ0) is 8.77. The minimum Gasteiger partial charge on any atom is -0.321 e. The van der Waals surface area contributed by atoms with Crippen molar-refractivity contribution in [3.05, 3.63) is 0 Å². The van der Waals surface area contributed by atoms with Gasteiger partial charge in [-0.3, -0.25) is 10.1 Å². The number of imide groups is 1. The summed E-state index contributed by atoms with van der Waals surface area (Å²) in [4.78, 5) is 21.9. The Hall–Kier alpha value is -1.13. The average molecular weight is 172 g/mol. The molecule has 2 N–H and O–H groups in total. The van der Waals surface area contributed by atoms with Gasteiger partial charge in [-0.05, 0) is 19.3 Å². The second kappa shape index (κ2) is 2.18. The van der Waals surface area contributed by atoms with Crippen LogP contribution in [0.5, 0.6) is 0 Å². The highest BCUT2D eigenvalue weighted by atomic mass is 19.1. The van der Waals surface area contributed by atoms with E-state index in [0.717, 1.165) is 0 Å². The summed E-state index contributed by atoms with van der Waals surface area (Å²) in [7, 11) is 0. The molecular weight excluding hydrogens is 163 g/mol. The summed E-state index contributed by atoms with van der Waals surface area (Å²) in [5.74, 6) is -0.516. The molecule has 1 spiro atoms. The Bertz CT molecular complexity index is 256. The van der Waals surface area contributed by atoms with E-state index in [1.54, 1.807) is 0 Å². The molecule has 3 amide bonds. The molecule has 2 atom stereocenters. The first-order chi connectivity index (χ1) is 5.65. The van der Waals surface area contributed by atoms with Crippen molar-refractivity contribution in [2.75, 3.05) is 0 Å². The van der Waals surface area contributed by atoms with E-state index in [1.807, 2.05) is 0 Å². The third-order valence-electron chi connectivity index (χ3n) is 2.53. The number of hydrogen-bond donors (Lipinski definition) is 2. The molecule has 4 nitrogen and oxygen atoms in total. The third kappa shape index (κ3) is 0.761. The second-order valence-corrected chi connectivity index (χ2v) is 3.24. The van der Waals surface area contributed by atoms with E-state index in [-0.39, 0.29) is 0 Å². The van der Waals surface area contributed by atoms with Gasteiger partial charge in [-0.1, -0.05) is 0 Å². The van der Waals surface area contributed by atoms with Crippen LogP contribution in [0, 0.1) is 0 Å². The first-order valence-electron chi connectivity index (χ1n) is 3.93. The zero-order valence-corrected chi connectivity index (χ0v) is 6.39. The lowest BCUT2D eigenvalue weighted by Gasteiger charge is -2.21. The van der Waals surface area contributed by atoms with Gasteiger partial charge in [-0.15, -0.1) is 0 Å². The Labute approximate surface area is 68.5 Å². The van der Waals surface area contributed by atoms with Crippen LogP contribution < -0.4 is 10.6 Å². The van der Waals surface area contributed by atoms with E-state index in [0.29, 0.717) is 19.3 Å². The van der Waals surface area contributed by atoms with Crippen molar-refractivity contribution in [2.24, 2.45) is 0 Å². The molecule has 2 fully saturated rings. The monoisotopic (exact) mass is 172 g/mol. The summed E-state index contributed by atoms with van der Waals surface area (Å²) >= 11 is 0. The molecule has 1 aliphatic carbocycles. The zero-order valence-electron chi connectivity index (χ0n) is 6.39. The quantitative estimate of drug-likeness (QED) is 0.508. The Morgan fingerprint density at radius 3 is 2.67 bits per heavy atom. The summed E-state index contributed by atoms with van der Waals surface area (Å²) in [5, 5.41) is 4.41. The van der Waals surface area contributed by atoms with Crippen molar-refractivity contribution in [2.45, 2.75) is 31.0 Å². The molecule has 0 radical (unpaired) electrons. The van der Waals surface area contributed by atoms with Crippen molar-refractivity contribution >= 4 is 11.9 Å². The number of nitrogens with one attached hydrogen (secondary N) is 2. The Kier molecular flexibility index (Phi) is 1.37. The summed E-state index contributed by atoms with van der Waals surface area (Å²) in [6.45, 7) is 0. The molecule has 66 valence electrons. The number of hydrogen-bond acceptors (Lipinski definition) is 2. The lowest BCUT2D eigenvalue weighted by atomic mass is 9.97. The molecule has 0 aromatic carbocycles. The molecule has 0 aromatic rings. The van der Waals surface area contributed by atoms with E-state index in [9.17, 15) is 14.0 Å². The van der Waals surface area contributed by atoms with Gasteiger partial charge in [0.25, 0.3) is 5.91 Å². The molecule has 5 heteroatoms. The SMILES string of the molecule is O=C1NC(=O)[C@]2(CCC[C@@H]2F)N1. The highest BCUT2D eigenvalue weighted by Crippen LogP contribution is 2.34. The number of amides is 3. The minimum atomic E-state index is -1.24. The van der Waals surface area contributed by atoms with Gasteiger partial charge >= 0.3 is 6.03 Å². The number of carbonyl (C=O) groups is 2. The molecule has 1 saturated carbocycles. The molecule has 1 heterocycles. The molecule has 0 bridgehead atoms. The number of alkyl halides is 1. The van der Waals surface area contributed by atoms with Crippen molar-refractivity contribution in [3.8, 4) is 0 Å². The first kappa shape index (κ1) is 7.52. The van der Waals surface area contributed by atoms with E-state index >= 15 is 0 Å². The van der Waals surface area contributed by atoms with Crippen LogP contribution in [-0.2, 0) is 4.79 Å². The molecule has 0 unspecified atom stereocenters. The summed E-state index contributed by atoms with van der Waals surface area (Å²) in [6, 6.07) is -0.579. The van der Waals surface area contributed by atoms with Gasteiger partial charge in [0, 0.05) is 0 Å². The van der Waals surface area contributed by atoms with E-state index in [4.69, 9.17) is 0 Å². The van der Waals surface area contributed by atoms with Gasteiger partial charge in [-0.25, -0.2) is 9.18 Å². The van der Waals surface area contributed by atoms with Gasteiger partial charge in [0.15, 0.2) is 5.54 Å². The molecular formula is C7H9FN2O2. The van der Waals surface area contributed by atoms with Gasteiger partial charge in [-0.2, -0.15) is 0 Å². The maximum Gasteiger partial charge on any atom is 0.322 e. The van der Waals surface area contributed by atoms with Crippen LogP contribution in [0.15, 0.2) is 0 Å². The lowest BCUT2D eigenvalue weighted by molar-refractivity contribution is -0.125. The fourth-order valence-corrected chi connectivity index (χ4v) is 1.86. The lowest BCUT2D eigenvalue weighted by Crippen LogP contribution is -2.51. The molecule has 2 aliphatic rings. The molecule has 0 aromatic heterocycles. The highest BCUT2D eigenvalue weighted by Gasteiger charge is 2.55. The maximum atomic E-state index is 13.2. The molecule has 1 aliphatic heterocycles. The Morgan fingerprint density at radius 2 is 2.25 bits per heavy atom. The molecule has 2 rings (SSSR count). The van der Waals surface area contributed by atoms with Crippen molar-refractivity contribution in [1.82, 2.24) is 10.6 Å². The van der Waals surface area contributed by atoms with E-state index < -0.39 is 23.6 Å². The second-order valence-electron chi connectivity index (χ2n) is 3.24. The summed E-state index contributed by atoms with van der Waals surface area (Å²) < 4.78 is 13.2. The number of halogens is 1. The highest BCUT2D eigenvalue weighted by molar-refractivity contribution is 6.07. The summed E-state index contributed by atoms with van der Waals surface area (Å²) in [6.07, 6.45) is 0.179. The van der Waals surface area contributed by atoms with Crippen LogP contribution >= 0.6 is 0 Å². The first-order valence-corrected chi connectivity index (χ1v) is 3.93. The number of urea groups is 1. The van der Waals surface area contributed by atoms with Crippen LogP contribution in [-0.4, -0.2) is 23.6 Å². The minimum absolute atomic E-state index is 0.355. The van der Waals surface area contributed by atoms with Gasteiger partial charge in [0.2, 0.25) is 0 Å². The topological polar surface area (TPSA) is 58.2 Å². The predicted molar refractivity (Wildman–Crippen MR) is 38.2 cm³/mol. The van der Waals surface area contributed by atoms with Crippen molar-refractivity contribution in [1.29, 1.82) is 0 Å². The van der Waals surface area contributed by atoms with Crippen molar-refractivity contribution in [3.63, 3.8) is 0 Å². The predicted octanol–water partition coefficient (Wildman–Crippen LogP) is 0.0866. The van der Waals surface area contributed by atoms with Crippen LogP contribution in [0.3, 0.4) is 0 Å². The van der Waals surface area contributed by atoms with Crippen LogP contribution in [0.4, 0.5) is 9.18 Å². The third-order valence-corrected chi connectivity index (χ3v) is 2.53. The van der Waals surface area contributed by atoms with E-state index in [1.165, 1.54) is 0 Å². The standard InChI is InChI=1S/C7H9FN2O2/c8-4-2-1-3-7(4)5(11)9-6(12)10-7/h4H,1-3H2,(H2,9,10,11,12)/t4-,7+/m0/s1.